The highest BCUT2D eigenvalue weighted by Gasteiger charge is 2.05. The zero-order chi connectivity index (χ0) is 8.55. The molecule has 0 spiro atoms. The monoisotopic (exact) mass is 164 g/mol. The van der Waals surface area contributed by atoms with Crippen LogP contribution in [0, 0.1) is 0 Å². The number of H-pyrrole nitrogens is 1. The number of aromatic nitrogens is 2. The molecule has 62 valence electrons. The highest BCUT2D eigenvalue weighted by Crippen LogP contribution is 2.12. The molecular formula is C8H10N3O+. The van der Waals surface area contributed by atoms with Crippen molar-refractivity contribution in [3.05, 3.63) is 24.5 Å². The molecule has 0 aliphatic heterocycles. The van der Waals surface area contributed by atoms with Gasteiger partial charge in [0.15, 0.2) is 0 Å². The molecule has 1 amide bonds. The maximum atomic E-state index is 11.2. The van der Waals surface area contributed by atoms with Gasteiger partial charge in [0.2, 0.25) is 0 Å². The van der Waals surface area contributed by atoms with Gasteiger partial charge in [-0.2, -0.15) is 0 Å². The third-order valence-electron chi connectivity index (χ3n) is 1.84. The lowest BCUT2D eigenvalue weighted by molar-refractivity contribution is 0.245. The van der Waals surface area contributed by atoms with Crippen molar-refractivity contribution in [3.63, 3.8) is 0 Å². The molecule has 2 rings (SSSR count). The summed E-state index contributed by atoms with van der Waals surface area (Å²) in [5.41, 5.74) is 1.87. The molecule has 0 fully saturated rings. The standard InChI is InChI=1S/C8H9N3O/c1-9-8(12)11-5-3-6-7(11)2-4-10-6/h2-5,10H,1H3,(H,9,12)/p+1. The Hall–Kier alpha value is -1.71. The predicted molar refractivity (Wildman–Crippen MR) is 47.3 cm³/mol. The lowest BCUT2D eigenvalue weighted by Crippen LogP contribution is -2.23. The lowest BCUT2D eigenvalue weighted by atomic mass is 10.5. The van der Waals surface area contributed by atoms with Crippen molar-refractivity contribution >= 4 is 17.1 Å². The van der Waals surface area contributed by atoms with Gasteiger partial charge in [-0.3, -0.25) is 4.57 Å². The molecule has 2 heterocycles. The summed E-state index contributed by atoms with van der Waals surface area (Å²) in [5.74, 6) is 0. The van der Waals surface area contributed by atoms with Crippen LogP contribution in [-0.2, 0) is 0 Å². The van der Waals surface area contributed by atoms with Crippen LogP contribution in [0.2, 0.25) is 0 Å². The van der Waals surface area contributed by atoms with Gasteiger partial charge in [0.25, 0.3) is 0 Å². The average molecular weight is 164 g/mol. The Labute approximate surface area is 70.7 Å². The van der Waals surface area contributed by atoms with Gasteiger partial charge in [0.05, 0.1) is 11.0 Å². The minimum atomic E-state index is -0.121. The van der Waals surface area contributed by atoms with Crippen molar-refractivity contribution in [2.75, 3.05) is 7.05 Å². The minimum absolute atomic E-state index is 0. The van der Waals surface area contributed by atoms with Gasteiger partial charge in [-0.25, -0.2) is 4.79 Å². The maximum absolute atomic E-state index is 11.2. The first kappa shape index (κ1) is 6.97. The topological polar surface area (TPSA) is 49.8 Å². The summed E-state index contributed by atoms with van der Waals surface area (Å²) in [6.07, 6.45) is 3.55. The smallest absolute Gasteiger partial charge is 0.360 e. The Morgan fingerprint density at radius 2 is 2.50 bits per heavy atom. The molecule has 4 nitrogen and oxygen atoms in total. The molecule has 0 aliphatic carbocycles. The van der Waals surface area contributed by atoms with Crippen LogP contribution in [0.25, 0.3) is 11.0 Å². The molecule has 2 aromatic heterocycles. The number of carbonyl (C=O) groups excluding carboxylic acids is 1. The number of carbonyl (C=O) groups is 1. The minimum Gasteiger partial charge on any atom is -0.360 e. The molecule has 0 unspecified atom stereocenters. The Morgan fingerprint density at radius 3 is 3.25 bits per heavy atom. The summed E-state index contributed by atoms with van der Waals surface area (Å²) < 4.78 is 1.56. The van der Waals surface area contributed by atoms with Gasteiger partial charge < -0.3 is 10.3 Å². The molecule has 0 bridgehead atoms. The molecule has 0 saturated carbocycles. The zero-order valence-corrected chi connectivity index (χ0v) is 6.66. The van der Waals surface area contributed by atoms with Crippen molar-refractivity contribution in [2.45, 2.75) is 0 Å². The van der Waals surface area contributed by atoms with E-state index in [-0.39, 0.29) is 7.46 Å². The molecule has 2 N–H and O–H groups in total. The van der Waals surface area contributed by atoms with Gasteiger partial charge in [0.1, 0.15) is 0 Å². The fraction of sp³-hybridized carbons (Fsp3) is 0.125. The highest BCUT2D eigenvalue weighted by atomic mass is 16.2. The van der Waals surface area contributed by atoms with Crippen LogP contribution in [0.1, 0.15) is 1.43 Å². The molecular weight excluding hydrogens is 154 g/mol. The number of hydrogen-bond donors (Lipinski definition) is 2. The Balaban J connectivity index is 0.000000845. The van der Waals surface area contributed by atoms with Crippen molar-refractivity contribution in [2.24, 2.45) is 0 Å². The van der Waals surface area contributed by atoms with E-state index < -0.39 is 0 Å². The molecule has 12 heavy (non-hydrogen) atoms. The molecule has 0 aromatic carbocycles. The molecule has 0 aliphatic rings. The fourth-order valence-corrected chi connectivity index (χ4v) is 1.24. The first-order chi connectivity index (χ1) is 5.83. The van der Waals surface area contributed by atoms with Crippen molar-refractivity contribution < 1.29 is 6.22 Å². The van der Waals surface area contributed by atoms with Crippen LogP contribution in [0.5, 0.6) is 0 Å². The number of aromatic amines is 1. The summed E-state index contributed by atoms with van der Waals surface area (Å²) >= 11 is 0. The second-order valence-electron chi connectivity index (χ2n) is 2.52. The van der Waals surface area contributed by atoms with Crippen LogP contribution in [0.3, 0.4) is 0 Å². The van der Waals surface area contributed by atoms with E-state index in [2.05, 4.69) is 10.3 Å². The van der Waals surface area contributed by atoms with Crippen molar-refractivity contribution in [1.82, 2.24) is 14.9 Å². The number of amides is 1. The van der Waals surface area contributed by atoms with Crippen LogP contribution >= 0.6 is 0 Å². The second-order valence-corrected chi connectivity index (χ2v) is 2.52. The largest absolute Gasteiger partial charge is 1.00 e. The van der Waals surface area contributed by atoms with Crippen molar-refractivity contribution in [3.8, 4) is 0 Å². The summed E-state index contributed by atoms with van der Waals surface area (Å²) in [7, 11) is 1.61. The Kier molecular flexibility index (Phi) is 1.40. The molecule has 0 saturated heterocycles. The molecule has 4 heteroatoms. The summed E-state index contributed by atoms with van der Waals surface area (Å²) in [6.45, 7) is 0. The van der Waals surface area contributed by atoms with E-state index in [1.807, 2.05) is 18.3 Å². The third-order valence-corrected chi connectivity index (χ3v) is 1.84. The van der Waals surface area contributed by atoms with Crippen LogP contribution in [0.4, 0.5) is 4.79 Å². The van der Waals surface area contributed by atoms with E-state index in [1.165, 1.54) is 0 Å². The number of nitrogens with zero attached hydrogens (tertiary/aromatic N) is 1. The van der Waals surface area contributed by atoms with E-state index in [4.69, 9.17) is 0 Å². The van der Waals surface area contributed by atoms with Gasteiger partial charge >= 0.3 is 7.46 Å². The van der Waals surface area contributed by atoms with Gasteiger partial charge in [-0.15, -0.1) is 0 Å². The number of hydrogen-bond acceptors (Lipinski definition) is 1. The normalized spacial score (nSPS) is 10.4. The summed E-state index contributed by atoms with van der Waals surface area (Å²) in [5, 5.41) is 2.56. The third kappa shape index (κ3) is 0.812. The second kappa shape index (κ2) is 2.41. The maximum Gasteiger partial charge on any atom is 1.00 e. The zero-order valence-electron chi connectivity index (χ0n) is 7.66. The quantitative estimate of drug-likeness (QED) is 0.605. The fourth-order valence-electron chi connectivity index (χ4n) is 1.24. The van der Waals surface area contributed by atoms with Crippen LogP contribution < -0.4 is 5.32 Å². The Morgan fingerprint density at radius 1 is 1.67 bits per heavy atom. The first-order valence-corrected chi connectivity index (χ1v) is 3.69. The van der Waals surface area contributed by atoms with Gasteiger partial charge in [0, 0.05) is 19.4 Å². The molecule has 2 aromatic rings. The van der Waals surface area contributed by atoms with E-state index >= 15 is 0 Å². The number of rotatable bonds is 0. The number of fused-ring (bicyclic) bond motifs is 1. The van der Waals surface area contributed by atoms with Crippen molar-refractivity contribution in [1.29, 1.82) is 0 Å². The van der Waals surface area contributed by atoms with E-state index in [9.17, 15) is 4.79 Å². The lowest BCUT2D eigenvalue weighted by Gasteiger charge is -1.99. The molecule has 0 atom stereocenters. The highest BCUT2D eigenvalue weighted by molar-refractivity contribution is 5.89. The number of nitrogens with one attached hydrogen (secondary N) is 2. The van der Waals surface area contributed by atoms with E-state index in [0.717, 1.165) is 11.0 Å². The molecule has 0 radical (unpaired) electrons. The van der Waals surface area contributed by atoms with Crippen LogP contribution in [0.15, 0.2) is 24.5 Å². The average Bonchev–Trinajstić information content (AvgIpc) is 2.62. The SMILES string of the molecule is CNC(=O)n1ccc2[nH]ccc21.[H+]. The summed E-state index contributed by atoms with van der Waals surface area (Å²) in [6, 6.07) is 3.61. The van der Waals surface area contributed by atoms with Crippen LogP contribution in [-0.4, -0.2) is 22.6 Å². The van der Waals surface area contributed by atoms with E-state index in [1.54, 1.807) is 17.8 Å². The van der Waals surface area contributed by atoms with Gasteiger partial charge in [-0.1, -0.05) is 0 Å². The summed E-state index contributed by atoms with van der Waals surface area (Å²) in [4.78, 5) is 14.2. The predicted octanol–water partition coefficient (Wildman–Crippen LogP) is 1.27. The first-order valence-electron chi connectivity index (χ1n) is 3.69. The van der Waals surface area contributed by atoms with Gasteiger partial charge in [-0.05, 0) is 12.1 Å². The Bertz CT molecular complexity index is 418. The van der Waals surface area contributed by atoms with E-state index in [0.29, 0.717) is 0 Å².